The highest BCUT2D eigenvalue weighted by Gasteiger charge is 2.23. The molecule has 2 atom stereocenters. The summed E-state index contributed by atoms with van der Waals surface area (Å²) in [6, 6.07) is 0.669. The Labute approximate surface area is 98.2 Å². The first-order valence-electron chi connectivity index (χ1n) is 5.94. The first kappa shape index (κ1) is 13.3. The van der Waals surface area contributed by atoms with Crippen LogP contribution in [0.15, 0.2) is 0 Å². The van der Waals surface area contributed by atoms with E-state index in [2.05, 4.69) is 25.4 Å². The maximum absolute atomic E-state index is 9.18. The van der Waals surface area contributed by atoms with E-state index in [0.717, 1.165) is 11.8 Å². The summed E-state index contributed by atoms with van der Waals surface area (Å²) in [4.78, 5) is 0. The molecule has 1 saturated carbocycles. The average Bonchev–Trinajstić information content (AvgIpc) is 2.27. The van der Waals surface area contributed by atoms with Gasteiger partial charge in [0, 0.05) is 29.9 Å². The van der Waals surface area contributed by atoms with Gasteiger partial charge in [-0.2, -0.15) is 11.8 Å². The normalized spacial score (nSPS) is 28.0. The Morgan fingerprint density at radius 2 is 2.13 bits per heavy atom. The Morgan fingerprint density at radius 3 is 2.73 bits per heavy atom. The molecule has 0 aromatic carbocycles. The van der Waals surface area contributed by atoms with Gasteiger partial charge in [-0.1, -0.05) is 20.3 Å². The van der Waals surface area contributed by atoms with Gasteiger partial charge >= 0.3 is 0 Å². The quantitative estimate of drug-likeness (QED) is 0.761. The van der Waals surface area contributed by atoms with Crippen molar-refractivity contribution in [2.75, 3.05) is 19.4 Å². The second-order valence-corrected chi connectivity index (χ2v) is 6.56. The molecule has 0 amide bonds. The highest BCUT2D eigenvalue weighted by molar-refractivity contribution is 7.99. The highest BCUT2D eigenvalue weighted by atomic mass is 32.2. The number of hydrogen-bond donors (Lipinski definition) is 2. The van der Waals surface area contributed by atoms with Crippen molar-refractivity contribution in [3.8, 4) is 0 Å². The van der Waals surface area contributed by atoms with Crippen LogP contribution in [0.3, 0.4) is 0 Å². The van der Waals surface area contributed by atoms with Crippen molar-refractivity contribution >= 4 is 11.8 Å². The fourth-order valence-electron chi connectivity index (χ4n) is 2.02. The van der Waals surface area contributed by atoms with Gasteiger partial charge in [-0.05, 0) is 25.5 Å². The summed E-state index contributed by atoms with van der Waals surface area (Å²) >= 11 is 2.00. The lowest BCUT2D eigenvalue weighted by Gasteiger charge is -2.32. The standard InChI is InChI=1S/C12H25NOS/c1-12(2,9-14)8-13-10-5-4-6-11(7-10)15-3/h10-11,13-14H,4-9H2,1-3H3. The summed E-state index contributed by atoms with van der Waals surface area (Å²) in [6.07, 6.45) is 7.54. The summed E-state index contributed by atoms with van der Waals surface area (Å²) in [5.74, 6) is 0. The predicted octanol–water partition coefficient (Wildman–Crippen LogP) is 2.27. The minimum atomic E-state index is 0.0201. The van der Waals surface area contributed by atoms with Crippen molar-refractivity contribution in [2.45, 2.75) is 50.8 Å². The summed E-state index contributed by atoms with van der Waals surface area (Å²) in [5.41, 5.74) is 0.0201. The molecular weight excluding hydrogens is 206 g/mol. The zero-order valence-corrected chi connectivity index (χ0v) is 11.1. The maximum atomic E-state index is 9.18. The molecule has 0 aromatic heterocycles. The number of thioether (sulfide) groups is 1. The topological polar surface area (TPSA) is 32.3 Å². The summed E-state index contributed by atoms with van der Waals surface area (Å²) < 4.78 is 0. The fraction of sp³-hybridized carbons (Fsp3) is 1.00. The van der Waals surface area contributed by atoms with Crippen LogP contribution in [0.5, 0.6) is 0 Å². The van der Waals surface area contributed by atoms with Crippen molar-refractivity contribution < 1.29 is 5.11 Å². The Hall–Kier alpha value is 0.270. The molecule has 2 unspecified atom stereocenters. The van der Waals surface area contributed by atoms with Crippen LogP contribution in [-0.2, 0) is 0 Å². The second-order valence-electron chi connectivity index (χ2n) is 5.42. The third-order valence-electron chi connectivity index (χ3n) is 3.26. The van der Waals surface area contributed by atoms with E-state index in [-0.39, 0.29) is 12.0 Å². The molecule has 1 rings (SSSR count). The van der Waals surface area contributed by atoms with Crippen molar-refractivity contribution in [2.24, 2.45) is 5.41 Å². The van der Waals surface area contributed by atoms with Gasteiger partial charge in [0.15, 0.2) is 0 Å². The third kappa shape index (κ3) is 4.75. The molecule has 2 N–H and O–H groups in total. The summed E-state index contributed by atoms with van der Waals surface area (Å²) in [5, 5.41) is 13.6. The zero-order chi connectivity index (χ0) is 11.3. The minimum absolute atomic E-state index is 0.0201. The van der Waals surface area contributed by atoms with Crippen LogP contribution in [0.4, 0.5) is 0 Å². The molecule has 0 radical (unpaired) electrons. The Morgan fingerprint density at radius 1 is 1.40 bits per heavy atom. The molecule has 0 heterocycles. The van der Waals surface area contributed by atoms with E-state index in [1.54, 1.807) is 0 Å². The van der Waals surface area contributed by atoms with Crippen LogP contribution in [0.1, 0.15) is 39.5 Å². The maximum Gasteiger partial charge on any atom is 0.0494 e. The van der Waals surface area contributed by atoms with E-state index >= 15 is 0 Å². The van der Waals surface area contributed by atoms with Crippen molar-refractivity contribution in [3.63, 3.8) is 0 Å². The van der Waals surface area contributed by atoms with Gasteiger partial charge < -0.3 is 10.4 Å². The van der Waals surface area contributed by atoms with Gasteiger partial charge in [-0.3, -0.25) is 0 Å². The number of rotatable bonds is 5. The molecule has 0 bridgehead atoms. The van der Waals surface area contributed by atoms with Gasteiger partial charge in [0.2, 0.25) is 0 Å². The van der Waals surface area contributed by atoms with Crippen LogP contribution in [0.25, 0.3) is 0 Å². The van der Waals surface area contributed by atoms with Crippen molar-refractivity contribution in [3.05, 3.63) is 0 Å². The minimum Gasteiger partial charge on any atom is -0.396 e. The van der Waals surface area contributed by atoms with Gasteiger partial charge in [0.1, 0.15) is 0 Å². The number of aliphatic hydroxyl groups excluding tert-OH is 1. The monoisotopic (exact) mass is 231 g/mol. The van der Waals surface area contributed by atoms with Crippen LogP contribution < -0.4 is 5.32 Å². The van der Waals surface area contributed by atoms with Crippen LogP contribution >= 0.6 is 11.8 Å². The molecule has 3 heteroatoms. The van der Waals surface area contributed by atoms with Crippen molar-refractivity contribution in [1.29, 1.82) is 0 Å². The fourth-order valence-corrected chi connectivity index (χ4v) is 2.85. The lowest BCUT2D eigenvalue weighted by molar-refractivity contribution is 0.150. The van der Waals surface area contributed by atoms with E-state index in [1.807, 2.05) is 11.8 Å². The zero-order valence-electron chi connectivity index (χ0n) is 10.3. The molecular formula is C12H25NOS. The molecule has 0 spiro atoms. The molecule has 2 nitrogen and oxygen atoms in total. The van der Waals surface area contributed by atoms with E-state index in [1.165, 1.54) is 25.7 Å². The van der Waals surface area contributed by atoms with Gasteiger partial charge in [0.05, 0.1) is 0 Å². The SMILES string of the molecule is CSC1CCCC(NCC(C)(C)CO)C1. The second kappa shape index (κ2) is 6.12. The summed E-state index contributed by atoms with van der Waals surface area (Å²) in [6.45, 7) is 5.40. The lowest BCUT2D eigenvalue weighted by atomic mass is 9.91. The average molecular weight is 231 g/mol. The highest BCUT2D eigenvalue weighted by Crippen LogP contribution is 2.27. The number of nitrogens with one attached hydrogen (secondary N) is 1. The summed E-state index contributed by atoms with van der Waals surface area (Å²) in [7, 11) is 0. The lowest BCUT2D eigenvalue weighted by Crippen LogP contribution is -2.41. The molecule has 0 saturated heterocycles. The third-order valence-corrected chi connectivity index (χ3v) is 4.35. The van der Waals surface area contributed by atoms with E-state index in [9.17, 15) is 5.11 Å². The molecule has 1 aliphatic carbocycles. The van der Waals surface area contributed by atoms with E-state index < -0.39 is 0 Å². The van der Waals surface area contributed by atoms with Gasteiger partial charge in [-0.25, -0.2) is 0 Å². The molecule has 0 aliphatic heterocycles. The Bertz CT molecular complexity index is 184. The number of hydrogen-bond acceptors (Lipinski definition) is 3. The molecule has 15 heavy (non-hydrogen) atoms. The first-order valence-corrected chi connectivity index (χ1v) is 7.23. The van der Waals surface area contributed by atoms with Crippen molar-refractivity contribution in [1.82, 2.24) is 5.32 Å². The molecule has 1 aliphatic rings. The van der Waals surface area contributed by atoms with Crippen LogP contribution in [0, 0.1) is 5.41 Å². The Balaban J connectivity index is 2.26. The molecule has 0 aromatic rings. The molecule has 1 fully saturated rings. The molecule has 90 valence electrons. The predicted molar refractivity (Wildman–Crippen MR) is 68.4 cm³/mol. The first-order chi connectivity index (χ1) is 7.07. The van der Waals surface area contributed by atoms with E-state index in [4.69, 9.17) is 0 Å². The smallest absolute Gasteiger partial charge is 0.0494 e. The number of aliphatic hydroxyl groups is 1. The van der Waals surface area contributed by atoms with Crippen LogP contribution in [0.2, 0.25) is 0 Å². The Kier molecular flexibility index (Phi) is 5.44. The van der Waals surface area contributed by atoms with Gasteiger partial charge in [0.25, 0.3) is 0 Å². The largest absolute Gasteiger partial charge is 0.396 e. The van der Waals surface area contributed by atoms with Crippen LogP contribution in [-0.4, -0.2) is 35.8 Å². The van der Waals surface area contributed by atoms with E-state index in [0.29, 0.717) is 6.04 Å². The van der Waals surface area contributed by atoms with Gasteiger partial charge in [-0.15, -0.1) is 0 Å².